The first-order valence-electron chi connectivity index (χ1n) is 9.63. The van der Waals surface area contributed by atoms with Gasteiger partial charge in [0.05, 0.1) is 29.6 Å². The highest BCUT2D eigenvalue weighted by atomic mass is 16.6. The summed E-state index contributed by atoms with van der Waals surface area (Å²) in [4.78, 5) is 37.9. The molecule has 3 rings (SSSR count). The van der Waals surface area contributed by atoms with Gasteiger partial charge in [0, 0.05) is 50.1 Å². The SMILES string of the molecule is CCOc1cc(C(=O)N2CCN(c3ccc([N+](=O)[O-])cc3)CC2)c([N+](=O)[O-])cc1OC. The van der Waals surface area contributed by atoms with Crippen LogP contribution < -0.4 is 14.4 Å². The number of rotatable bonds is 7. The van der Waals surface area contributed by atoms with Gasteiger partial charge in [0.1, 0.15) is 5.56 Å². The monoisotopic (exact) mass is 430 g/mol. The first kappa shape index (κ1) is 21.8. The molecule has 1 amide bonds. The number of ether oxygens (including phenoxy) is 2. The molecule has 2 aromatic rings. The molecule has 0 atom stereocenters. The third kappa shape index (κ3) is 4.65. The van der Waals surface area contributed by atoms with Gasteiger partial charge in [-0.3, -0.25) is 25.0 Å². The van der Waals surface area contributed by atoms with Gasteiger partial charge in [0.2, 0.25) is 0 Å². The van der Waals surface area contributed by atoms with Crippen LogP contribution in [0.15, 0.2) is 36.4 Å². The summed E-state index contributed by atoms with van der Waals surface area (Å²) >= 11 is 0. The molecule has 0 N–H and O–H groups in total. The molecule has 1 fully saturated rings. The van der Waals surface area contributed by atoms with Crippen molar-refractivity contribution in [3.05, 3.63) is 62.2 Å². The van der Waals surface area contributed by atoms with Gasteiger partial charge in [-0.1, -0.05) is 0 Å². The fourth-order valence-corrected chi connectivity index (χ4v) is 3.42. The number of carbonyl (C=O) groups excluding carboxylic acids is 1. The van der Waals surface area contributed by atoms with Crippen LogP contribution in [0.4, 0.5) is 17.1 Å². The van der Waals surface area contributed by atoms with Gasteiger partial charge >= 0.3 is 0 Å². The molecule has 11 nitrogen and oxygen atoms in total. The number of methoxy groups -OCH3 is 1. The minimum Gasteiger partial charge on any atom is -0.493 e. The van der Waals surface area contributed by atoms with Crippen molar-refractivity contribution in [3.63, 3.8) is 0 Å². The van der Waals surface area contributed by atoms with Crippen molar-refractivity contribution < 1.29 is 24.1 Å². The van der Waals surface area contributed by atoms with Crippen LogP contribution in [0.3, 0.4) is 0 Å². The van der Waals surface area contributed by atoms with Gasteiger partial charge in [-0.05, 0) is 19.1 Å². The molecule has 0 saturated carbocycles. The molecular weight excluding hydrogens is 408 g/mol. The zero-order chi connectivity index (χ0) is 22.5. The van der Waals surface area contributed by atoms with Gasteiger partial charge in [-0.25, -0.2) is 0 Å². The van der Waals surface area contributed by atoms with E-state index < -0.39 is 15.8 Å². The molecule has 0 spiro atoms. The summed E-state index contributed by atoms with van der Waals surface area (Å²) in [5, 5.41) is 22.3. The first-order chi connectivity index (χ1) is 14.8. The molecule has 0 aliphatic carbocycles. The summed E-state index contributed by atoms with van der Waals surface area (Å²) < 4.78 is 10.6. The van der Waals surface area contributed by atoms with Crippen LogP contribution in [-0.2, 0) is 0 Å². The first-order valence-corrected chi connectivity index (χ1v) is 9.63. The van der Waals surface area contributed by atoms with Gasteiger partial charge < -0.3 is 19.3 Å². The maximum Gasteiger partial charge on any atom is 0.286 e. The molecule has 1 aliphatic heterocycles. The zero-order valence-electron chi connectivity index (χ0n) is 17.1. The molecule has 11 heteroatoms. The van der Waals surface area contributed by atoms with Crippen LogP contribution in [0.2, 0.25) is 0 Å². The molecular formula is C20H22N4O7. The predicted octanol–water partition coefficient (Wildman–Crippen LogP) is 2.87. The molecule has 0 unspecified atom stereocenters. The van der Waals surface area contributed by atoms with E-state index >= 15 is 0 Å². The Bertz CT molecular complexity index is 986. The highest BCUT2D eigenvalue weighted by Gasteiger charge is 2.30. The molecule has 164 valence electrons. The lowest BCUT2D eigenvalue weighted by Crippen LogP contribution is -2.48. The van der Waals surface area contributed by atoms with Crippen molar-refractivity contribution in [1.82, 2.24) is 4.90 Å². The van der Waals surface area contributed by atoms with Gasteiger partial charge in [0.15, 0.2) is 11.5 Å². The number of nitro benzene ring substituents is 2. The number of anilines is 1. The summed E-state index contributed by atoms with van der Waals surface area (Å²) in [5.41, 5.74) is 0.419. The largest absolute Gasteiger partial charge is 0.493 e. The number of hydrogen-bond acceptors (Lipinski definition) is 8. The van der Waals surface area contributed by atoms with Gasteiger partial charge in [0.25, 0.3) is 17.3 Å². The van der Waals surface area contributed by atoms with Crippen molar-refractivity contribution in [2.75, 3.05) is 44.8 Å². The number of carbonyl (C=O) groups is 1. The Kier molecular flexibility index (Phi) is 6.53. The average Bonchev–Trinajstić information content (AvgIpc) is 2.78. The molecule has 0 bridgehead atoms. The number of non-ortho nitro benzene ring substituents is 1. The number of amides is 1. The van der Waals surface area contributed by atoms with Crippen molar-refractivity contribution in [2.24, 2.45) is 0 Å². The summed E-state index contributed by atoms with van der Waals surface area (Å²) in [5.74, 6) is -0.00443. The van der Waals surface area contributed by atoms with Crippen molar-refractivity contribution in [1.29, 1.82) is 0 Å². The van der Waals surface area contributed by atoms with Crippen molar-refractivity contribution >= 4 is 23.0 Å². The molecule has 0 aromatic heterocycles. The number of piperazine rings is 1. The number of nitro groups is 2. The highest BCUT2D eigenvalue weighted by molar-refractivity contribution is 5.99. The lowest BCUT2D eigenvalue weighted by molar-refractivity contribution is -0.385. The van der Waals surface area contributed by atoms with Crippen LogP contribution in [0.1, 0.15) is 17.3 Å². The third-order valence-corrected chi connectivity index (χ3v) is 5.00. The quantitative estimate of drug-likeness (QED) is 0.484. The Morgan fingerprint density at radius 3 is 2.16 bits per heavy atom. The summed E-state index contributed by atoms with van der Waals surface area (Å²) in [6.07, 6.45) is 0. The Balaban J connectivity index is 1.77. The van der Waals surface area contributed by atoms with E-state index in [0.29, 0.717) is 32.8 Å². The number of nitrogens with zero attached hydrogens (tertiary/aromatic N) is 4. The Labute approximate surface area is 178 Å². The van der Waals surface area contributed by atoms with Gasteiger partial charge in [-0.2, -0.15) is 0 Å². The summed E-state index contributed by atoms with van der Waals surface area (Å²) in [6, 6.07) is 8.75. The fourth-order valence-electron chi connectivity index (χ4n) is 3.42. The lowest BCUT2D eigenvalue weighted by Gasteiger charge is -2.36. The second-order valence-electron chi connectivity index (χ2n) is 6.76. The van der Waals surface area contributed by atoms with E-state index in [1.54, 1.807) is 24.0 Å². The van der Waals surface area contributed by atoms with E-state index in [-0.39, 0.29) is 28.4 Å². The third-order valence-electron chi connectivity index (χ3n) is 5.00. The Hall–Kier alpha value is -3.89. The average molecular weight is 430 g/mol. The second kappa shape index (κ2) is 9.28. The highest BCUT2D eigenvalue weighted by Crippen LogP contribution is 2.35. The van der Waals surface area contributed by atoms with E-state index in [2.05, 4.69) is 0 Å². The van der Waals surface area contributed by atoms with Crippen molar-refractivity contribution in [3.8, 4) is 11.5 Å². The molecule has 1 heterocycles. The molecule has 1 aliphatic rings. The van der Waals surface area contributed by atoms with Crippen LogP contribution in [0, 0.1) is 20.2 Å². The van der Waals surface area contributed by atoms with E-state index in [1.165, 1.54) is 31.4 Å². The van der Waals surface area contributed by atoms with E-state index in [4.69, 9.17) is 9.47 Å². The molecule has 31 heavy (non-hydrogen) atoms. The normalized spacial score (nSPS) is 13.6. The molecule has 2 aromatic carbocycles. The topological polar surface area (TPSA) is 128 Å². The minimum absolute atomic E-state index is 0.00878. The second-order valence-corrected chi connectivity index (χ2v) is 6.76. The van der Waals surface area contributed by atoms with Gasteiger partial charge in [-0.15, -0.1) is 0 Å². The standard InChI is InChI=1S/C20H22N4O7/c1-3-31-19-12-16(17(24(28)29)13-18(19)30-2)20(25)22-10-8-21(9-11-22)14-4-6-15(7-5-14)23(26)27/h4-7,12-13H,3,8-11H2,1-2H3. The van der Waals surface area contributed by atoms with Crippen LogP contribution in [-0.4, -0.2) is 60.5 Å². The van der Waals surface area contributed by atoms with E-state index in [9.17, 15) is 25.0 Å². The fraction of sp³-hybridized carbons (Fsp3) is 0.350. The molecule has 0 radical (unpaired) electrons. The summed E-state index contributed by atoms with van der Waals surface area (Å²) in [7, 11) is 1.38. The maximum absolute atomic E-state index is 13.1. The minimum atomic E-state index is -0.612. The lowest BCUT2D eigenvalue weighted by atomic mass is 10.1. The zero-order valence-corrected chi connectivity index (χ0v) is 17.1. The van der Waals surface area contributed by atoms with Crippen LogP contribution in [0.5, 0.6) is 11.5 Å². The Morgan fingerprint density at radius 2 is 1.65 bits per heavy atom. The van der Waals surface area contributed by atoms with Crippen LogP contribution >= 0.6 is 0 Å². The van der Waals surface area contributed by atoms with E-state index in [1.807, 2.05) is 4.90 Å². The smallest absolute Gasteiger partial charge is 0.286 e. The number of benzene rings is 2. The number of hydrogen-bond donors (Lipinski definition) is 0. The van der Waals surface area contributed by atoms with Crippen molar-refractivity contribution in [2.45, 2.75) is 6.92 Å². The molecule has 1 saturated heterocycles. The van der Waals surface area contributed by atoms with E-state index in [0.717, 1.165) is 5.69 Å². The van der Waals surface area contributed by atoms with Crippen LogP contribution in [0.25, 0.3) is 0 Å². The summed E-state index contributed by atoms with van der Waals surface area (Å²) in [6.45, 7) is 3.76. The Morgan fingerprint density at radius 1 is 1.00 bits per heavy atom. The maximum atomic E-state index is 13.1. The predicted molar refractivity (Wildman–Crippen MR) is 112 cm³/mol.